The van der Waals surface area contributed by atoms with Crippen molar-refractivity contribution >= 4 is 62.0 Å². The van der Waals surface area contributed by atoms with Gasteiger partial charge in [0, 0.05) is 114 Å². The average molecular weight is 1520 g/mol. The van der Waals surface area contributed by atoms with Crippen LogP contribution in [0, 0.1) is 73.1 Å². The fraction of sp³-hybridized carbons (Fsp3) is 0.152. The molecule has 0 aliphatic carbocycles. The van der Waals surface area contributed by atoms with Gasteiger partial charge in [0.15, 0.2) is 16.9 Å². The zero-order valence-electron chi connectivity index (χ0n) is 59.1. The van der Waals surface area contributed by atoms with Gasteiger partial charge < -0.3 is 35.3 Å². The maximum atomic E-state index is 14.7. The second-order valence-electron chi connectivity index (χ2n) is 25.2. The SMILES string of the molecule is Cc1cc(F)ccc1-c1nc(N(C)CCO)nc2c1ccc(=O)n2-c1c(F)cccc1F.Cc1cc(F)ccc1-c1nc(NC2CCOC2)nc2c1ccc(=O)n2-c1c(F)cccc1F.Cc1cc(F)ccc1-c1nc(NCCc2cnc[nH]2)nc2c1ccc(=O)n2-c1c(F)cccc1F.O=c1ccc2cncnc2[nH]1. The van der Waals surface area contributed by atoms with E-state index in [0.717, 1.165) is 67.6 Å². The van der Waals surface area contributed by atoms with Crippen LogP contribution in [0.1, 0.15) is 28.8 Å². The van der Waals surface area contributed by atoms with Crippen LogP contribution >= 0.6 is 0 Å². The van der Waals surface area contributed by atoms with Crippen LogP contribution in [-0.4, -0.2) is 120 Å². The number of H-pyrrole nitrogens is 2. The minimum atomic E-state index is -0.928. The first-order valence-electron chi connectivity index (χ1n) is 34.1. The Balaban J connectivity index is 0.000000136. The minimum Gasteiger partial charge on any atom is -0.395 e. The van der Waals surface area contributed by atoms with Crippen LogP contribution in [0.2, 0.25) is 0 Å². The molecular formula is C79H62F9N17O6. The smallest absolute Gasteiger partial charge is 0.256 e. The number of nitrogens with one attached hydrogen (secondary N) is 4. The lowest BCUT2D eigenvalue weighted by atomic mass is 10.0. The van der Waals surface area contributed by atoms with Gasteiger partial charge in [0.1, 0.15) is 81.4 Å². The molecule has 32 heteroatoms. The molecule has 9 aromatic heterocycles. The molecule has 15 aromatic rings. The van der Waals surface area contributed by atoms with Crippen molar-refractivity contribution in [2.45, 2.75) is 39.7 Å². The quantitative estimate of drug-likeness (QED) is 0.0596. The predicted octanol–water partition coefficient (Wildman–Crippen LogP) is 12.8. The number of pyridine rings is 4. The van der Waals surface area contributed by atoms with E-state index in [1.807, 2.05) is 0 Å². The molecule has 10 heterocycles. The van der Waals surface area contributed by atoms with Gasteiger partial charge in [-0.2, -0.15) is 15.0 Å². The first kappa shape index (κ1) is 75.6. The number of fused-ring (bicyclic) bond motifs is 4. The van der Waals surface area contributed by atoms with E-state index in [0.29, 0.717) is 98.4 Å². The van der Waals surface area contributed by atoms with Crippen molar-refractivity contribution < 1.29 is 49.4 Å². The summed E-state index contributed by atoms with van der Waals surface area (Å²) in [5.41, 5.74) is 2.45. The molecule has 1 aliphatic heterocycles. The number of para-hydroxylation sites is 3. The number of rotatable bonds is 15. The molecule has 0 amide bonds. The molecule has 1 unspecified atom stereocenters. The van der Waals surface area contributed by atoms with Gasteiger partial charge in [-0.1, -0.05) is 18.2 Å². The number of ether oxygens (including phenoxy) is 1. The minimum absolute atomic E-state index is 0.0132. The van der Waals surface area contributed by atoms with Gasteiger partial charge in [0.25, 0.3) is 16.7 Å². The number of imidazole rings is 1. The molecule has 111 heavy (non-hydrogen) atoms. The number of hydrogen-bond donors (Lipinski definition) is 5. The summed E-state index contributed by atoms with van der Waals surface area (Å²) < 4.78 is 137. The zero-order valence-corrected chi connectivity index (χ0v) is 59.1. The molecule has 1 saturated heterocycles. The number of aryl methyl sites for hydroxylation is 3. The standard InChI is InChI=1S/C25H19F3N6O.C24H19F3N4O2.C23H19F3N4O2.C7H5N3O/c1-14-11-15(26)5-6-17(14)22-18-7-8-21(35)34(23-19(27)3-2-4-20(23)28)24(18)33-25(32-22)30-10-9-16-12-29-13-31-16;1-13-11-14(25)5-6-16(13)21-17-7-8-20(32)31(22-18(26)3-2-4-19(22)27)23(17)30-24(29-21)28-15-9-10-33-12-15;1-13-12-14(24)6-7-15(13)20-16-8-9-19(32)30(21-17(25)4-3-5-18(21)26)22(16)28-23(27-20)29(2)10-11-31;11-6-2-1-5-3-8-4-9-7(5)10-6/h2-8,11-13H,9-10H2,1H3,(H,29,31)(H,30,32,33);2-8,11,15H,9-10,12H2,1H3,(H,28,29,30);3-9,12,31H,10-11H2,1-2H3;1-4H,(H,8,9,10,11). The summed E-state index contributed by atoms with van der Waals surface area (Å²) in [7, 11) is 1.63. The Kier molecular flexibility index (Phi) is 22.4. The first-order valence-corrected chi connectivity index (χ1v) is 34.1. The van der Waals surface area contributed by atoms with Crippen molar-refractivity contribution in [1.82, 2.24) is 68.5 Å². The number of aromatic nitrogens is 14. The largest absolute Gasteiger partial charge is 0.395 e. The average Bonchev–Trinajstić information content (AvgIpc) is 1.75. The van der Waals surface area contributed by atoms with E-state index in [1.54, 1.807) is 75.7 Å². The van der Waals surface area contributed by atoms with E-state index in [-0.39, 0.29) is 59.5 Å². The Bertz CT molecular complexity index is 6240. The highest BCUT2D eigenvalue weighted by molar-refractivity contribution is 5.95. The molecule has 562 valence electrons. The molecule has 1 atom stereocenters. The van der Waals surface area contributed by atoms with Crippen LogP contribution in [-0.2, 0) is 11.2 Å². The van der Waals surface area contributed by atoms with Gasteiger partial charge in [-0.15, -0.1) is 0 Å². The van der Waals surface area contributed by atoms with Crippen molar-refractivity contribution in [3.05, 3.63) is 299 Å². The van der Waals surface area contributed by atoms with Crippen LogP contribution in [0.15, 0.2) is 202 Å². The van der Waals surface area contributed by atoms with E-state index in [9.17, 15) is 63.8 Å². The third-order valence-corrected chi connectivity index (χ3v) is 17.7. The Labute approximate surface area is 622 Å². The molecule has 5 N–H and O–H groups in total. The zero-order chi connectivity index (χ0) is 78.3. The van der Waals surface area contributed by atoms with E-state index in [1.165, 1.54) is 103 Å². The summed E-state index contributed by atoms with van der Waals surface area (Å²) in [5.74, 6) is -6.27. The summed E-state index contributed by atoms with van der Waals surface area (Å²) in [4.78, 5) is 95.2. The van der Waals surface area contributed by atoms with E-state index in [4.69, 9.17) is 4.74 Å². The summed E-state index contributed by atoms with van der Waals surface area (Å²) in [6, 6.07) is 33.8. The van der Waals surface area contributed by atoms with Crippen LogP contribution in [0.4, 0.5) is 57.4 Å². The van der Waals surface area contributed by atoms with Crippen LogP contribution in [0.5, 0.6) is 0 Å². The van der Waals surface area contributed by atoms with Gasteiger partial charge in [0.2, 0.25) is 23.4 Å². The van der Waals surface area contributed by atoms with Crippen molar-refractivity contribution in [3.8, 4) is 50.8 Å². The lowest BCUT2D eigenvalue weighted by Crippen LogP contribution is -2.26. The number of likely N-dealkylation sites (N-methyl/N-ethyl adjacent to an activating group) is 1. The van der Waals surface area contributed by atoms with Gasteiger partial charge in [-0.3, -0.25) is 32.9 Å². The number of nitrogens with zero attached hydrogens (tertiary/aromatic N) is 13. The lowest BCUT2D eigenvalue weighted by molar-refractivity contribution is 0.195. The number of anilines is 3. The third kappa shape index (κ3) is 16.3. The Morgan fingerprint density at radius 2 is 0.991 bits per heavy atom. The van der Waals surface area contributed by atoms with Crippen molar-refractivity contribution in [1.29, 1.82) is 0 Å². The number of aliphatic hydroxyl groups is 1. The fourth-order valence-corrected chi connectivity index (χ4v) is 12.4. The molecule has 1 aliphatic rings. The van der Waals surface area contributed by atoms with E-state index >= 15 is 0 Å². The van der Waals surface area contributed by atoms with Crippen LogP contribution < -0.4 is 37.8 Å². The summed E-state index contributed by atoms with van der Waals surface area (Å²) in [6.45, 7) is 6.61. The summed E-state index contributed by atoms with van der Waals surface area (Å²) in [6.07, 6.45) is 7.62. The van der Waals surface area contributed by atoms with Crippen molar-refractivity contribution in [3.63, 3.8) is 0 Å². The van der Waals surface area contributed by atoms with Crippen LogP contribution in [0.25, 0.3) is 95.0 Å². The Hall–Kier alpha value is -13.6. The Morgan fingerprint density at radius 1 is 0.532 bits per heavy atom. The summed E-state index contributed by atoms with van der Waals surface area (Å²) in [5, 5.41) is 17.6. The van der Waals surface area contributed by atoms with E-state index in [2.05, 4.69) is 65.5 Å². The highest BCUT2D eigenvalue weighted by Crippen LogP contribution is 2.36. The van der Waals surface area contributed by atoms with Gasteiger partial charge in [0.05, 0.1) is 42.7 Å². The van der Waals surface area contributed by atoms with Gasteiger partial charge in [-0.05, 0) is 159 Å². The normalized spacial score (nSPS) is 12.5. The first-order chi connectivity index (χ1) is 53.5. The molecular weight excluding hydrogens is 1450 g/mol. The highest BCUT2D eigenvalue weighted by Gasteiger charge is 2.26. The maximum Gasteiger partial charge on any atom is 0.256 e. The highest BCUT2D eigenvalue weighted by atomic mass is 19.2. The number of hydrogen-bond acceptors (Lipinski definition) is 18. The van der Waals surface area contributed by atoms with E-state index < -0.39 is 86.1 Å². The van der Waals surface area contributed by atoms with Gasteiger partial charge >= 0.3 is 0 Å². The predicted molar refractivity (Wildman–Crippen MR) is 400 cm³/mol. The maximum absolute atomic E-state index is 14.7. The fourth-order valence-electron chi connectivity index (χ4n) is 12.4. The second kappa shape index (κ2) is 32.8. The molecule has 6 aromatic carbocycles. The molecule has 23 nitrogen and oxygen atoms in total. The lowest BCUT2D eigenvalue weighted by Gasteiger charge is -2.20. The third-order valence-electron chi connectivity index (χ3n) is 17.7. The summed E-state index contributed by atoms with van der Waals surface area (Å²) >= 11 is 0. The van der Waals surface area contributed by atoms with Crippen molar-refractivity contribution in [2.75, 3.05) is 55.5 Å². The monoisotopic (exact) mass is 1520 g/mol. The van der Waals surface area contributed by atoms with Crippen LogP contribution in [0.3, 0.4) is 0 Å². The molecule has 16 rings (SSSR count). The molecule has 0 bridgehead atoms. The topological polar surface area (TPSA) is 287 Å². The second-order valence-corrected chi connectivity index (χ2v) is 25.2. The molecule has 0 spiro atoms. The Morgan fingerprint density at radius 3 is 1.43 bits per heavy atom. The number of aromatic amines is 2. The van der Waals surface area contributed by atoms with Crippen molar-refractivity contribution in [2.24, 2.45) is 0 Å². The molecule has 0 radical (unpaired) electrons. The number of benzene rings is 6. The number of aliphatic hydroxyl groups excluding tert-OH is 1. The number of halogens is 9. The molecule has 1 fully saturated rings. The molecule has 0 saturated carbocycles. The van der Waals surface area contributed by atoms with Gasteiger partial charge in [-0.25, -0.2) is 69.4 Å².